The van der Waals surface area contributed by atoms with Crippen LogP contribution < -0.4 is 4.74 Å². The van der Waals surface area contributed by atoms with Gasteiger partial charge < -0.3 is 9.84 Å². The summed E-state index contributed by atoms with van der Waals surface area (Å²) in [5.41, 5.74) is 0.819. The number of benzene rings is 1. The number of ether oxygens (including phenoxy) is 1. The number of phenolic OH excluding ortho intramolecular Hbond substituents is 1. The Bertz CT molecular complexity index is 648. The van der Waals surface area contributed by atoms with Crippen LogP contribution in [0.5, 0.6) is 11.5 Å². The van der Waals surface area contributed by atoms with E-state index >= 15 is 0 Å². The highest BCUT2D eigenvalue weighted by molar-refractivity contribution is 5.70. The predicted octanol–water partition coefficient (Wildman–Crippen LogP) is 3.56. The SMILES string of the molecule is Oc1ccc(OC(F)(F)F)cc1-c1cnn(CC2CC2)c1. The summed E-state index contributed by atoms with van der Waals surface area (Å²) in [4.78, 5) is 0. The van der Waals surface area contributed by atoms with Crippen LogP contribution in [0, 0.1) is 5.92 Å². The van der Waals surface area contributed by atoms with Crippen LogP contribution in [-0.4, -0.2) is 21.2 Å². The number of aromatic hydroxyl groups is 1. The lowest BCUT2D eigenvalue weighted by Gasteiger charge is -2.10. The number of hydrogen-bond donors (Lipinski definition) is 1. The van der Waals surface area contributed by atoms with E-state index in [1.807, 2.05) is 0 Å². The monoisotopic (exact) mass is 298 g/mol. The Labute approximate surface area is 118 Å². The summed E-state index contributed by atoms with van der Waals surface area (Å²) in [6.07, 6.45) is 0.828. The molecule has 0 atom stereocenters. The third-order valence-electron chi connectivity index (χ3n) is 3.29. The van der Waals surface area contributed by atoms with Gasteiger partial charge in [-0.1, -0.05) is 0 Å². The van der Waals surface area contributed by atoms with Gasteiger partial charge in [0.25, 0.3) is 0 Å². The van der Waals surface area contributed by atoms with E-state index in [1.165, 1.54) is 25.1 Å². The minimum Gasteiger partial charge on any atom is -0.507 e. The van der Waals surface area contributed by atoms with Gasteiger partial charge in [-0.2, -0.15) is 5.10 Å². The number of phenols is 1. The van der Waals surface area contributed by atoms with Crippen molar-refractivity contribution in [2.24, 2.45) is 5.92 Å². The lowest BCUT2D eigenvalue weighted by molar-refractivity contribution is -0.274. The number of hydrogen-bond acceptors (Lipinski definition) is 3. The van der Waals surface area contributed by atoms with Gasteiger partial charge in [-0.05, 0) is 37.0 Å². The standard InChI is InChI=1S/C14H13F3N2O2/c15-14(16,17)21-11-3-4-13(20)12(5-11)10-6-18-19(8-10)7-9-1-2-9/h3-6,8-9,20H,1-2,7H2. The summed E-state index contributed by atoms with van der Waals surface area (Å²) < 4.78 is 42.3. The van der Waals surface area contributed by atoms with E-state index in [-0.39, 0.29) is 17.1 Å². The van der Waals surface area contributed by atoms with Crippen molar-refractivity contribution in [2.75, 3.05) is 0 Å². The van der Waals surface area contributed by atoms with Crippen LogP contribution in [0.2, 0.25) is 0 Å². The third kappa shape index (κ3) is 3.48. The highest BCUT2D eigenvalue weighted by Gasteiger charge is 2.31. The first-order chi connectivity index (χ1) is 9.90. The molecule has 2 aromatic rings. The summed E-state index contributed by atoms with van der Waals surface area (Å²) in [6, 6.07) is 3.40. The maximum absolute atomic E-state index is 12.2. The van der Waals surface area contributed by atoms with Gasteiger partial charge >= 0.3 is 6.36 Å². The molecule has 1 N–H and O–H groups in total. The van der Waals surface area contributed by atoms with Gasteiger partial charge in [0.2, 0.25) is 0 Å². The average molecular weight is 298 g/mol. The molecule has 4 nitrogen and oxygen atoms in total. The second-order valence-corrected chi connectivity index (χ2v) is 5.12. The van der Waals surface area contributed by atoms with Gasteiger partial charge in [-0.3, -0.25) is 4.68 Å². The van der Waals surface area contributed by atoms with Gasteiger partial charge in [0.05, 0.1) is 6.20 Å². The van der Waals surface area contributed by atoms with Crippen LogP contribution in [0.25, 0.3) is 11.1 Å². The molecule has 21 heavy (non-hydrogen) atoms. The molecule has 0 radical (unpaired) electrons. The quantitative estimate of drug-likeness (QED) is 0.938. The molecule has 112 valence electrons. The molecule has 1 aromatic carbocycles. The zero-order valence-corrected chi connectivity index (χ0v) is 11.0. The molecule has 0 aliphatic heterocycles. The second kappa shape index (κ2) is 4.98. The fourth-order valence-corrected chi connectivity index (χ4v) is 2.11. The summed E-state index contributed by atoms with van der Waals surface area (Å²) in [6.45, 7) is 0.791. The molecular weight excluding hydrogens is 285 g/mol. The van der Waals surface area contributed by atoms with Crippen LogP contribution in [0.4, 0.5) is 13.2 Å². The first-order valence-corrected chi connectivity index (χ1v) is 6.52. The van der Waals surface area contributed by atoms with Gasteiger partial charge in [0.15, 0.2) is 0 Å². The van der Waals surface area contributed by atoms with Gasteiger partial charge in [-0.15, -0.1) is 13.2 Å². The van der Waals surface area contributed by atoms with E-state index in [2.05, 4.69) is 9.84 Å². The predicted molar refractivity (Wildman–Crippen MR) is 68.7 cm³/mol. The molecule has 0 unspecified atom stereocenters. The molecule has 3 rings (SSSR count). The Kier molecular flexibility index (Phi) is 3.27. The first-order valence-electron chi connectivity index (χ1n) is 6.52. The Balaban J connectivity index is 1.85. The van der Waals surface area contributed by atoms with Crippen molar-refractivity contribution < 1.29 is 23.0 Å². The van der Waals surface area contributed by atoms with Gasteiger partial charge in [0, 0.05) is 23.9 Å². The number of halogens is 3. The Hall–Kier alpha value is -2.18. The van der Waals surface area contributed by atoms with Crippen molar-refractivity contribution >= 4 is 0 Å². The number of alkyl halides is 3. The van der Waals surface area contributed by atoms with Crippen LogP contribution in [0.15, 0.2) is 30.6 Å². The minimum absolute atomic E-state index is 0.115. The topological polar surface area (TPSA) is 47.3 Å². The van der Waals surface area contributed by atoms with Crippen LogP contribution in [0.1, 0.15) is 12.8 Å². The summed E-state index contributed by atoms with van der Waals surface area (Å²) >= 11 is 0. The highest BCUT2D eigenvalue weighted by Crippen LogP contribution is 2.35. The fraction of sp³-hybridized carbons (Fsp3) is 0.357. The van der Waals surface area contributed by atoms with Crippen molar-refractivity contribution in [1.82, 2.24) is 9.78 Å². The second-order valence-electron chi connectivity index (χ2n) is 5.12. The Morgan fingerprint density at radius 3 is 2.76 bits per heavy atom. The molecule has 1 heterocycles. The average Bonchev–Trinajstić information content (AvgIpc) is 3.07. The summed E-state index contributed by atoms with van der Waals surface area (Å²) in [5.74, 6) is 0.145. The fourth-order valence-electron chi connectivity index (χ4n) is 2.11. The Morgan fingerprint density at radius 2 is 2.10 bits per heavy atom. The molecule has 0 spiro atoms. The van der Waals surface area contributed by atoms with E-state index in [0.717, 1.165) is 18.7 Å². The summed E-state index contributed by atoms with van der Waals surface area (Å²) in [7, 11) is 0. The molecule has 0 bridgehead atoms. The first kappa shape index (κ1) is 13.8. The molecule has 1 fully saturated rings. The molecule has 1 saturated carbocycles. The highest BCUT2D eigenvalue weighted by atomic mass is 19.4. The third-order valence-corrected chi connectivity index (χ3v) is 3.29. The maximum atomic E-state index is 12.2. The van der Waals surface area contributed by atoms with E-state index in [9.17, 15) is 18.3 Å². The molecule has 1 aliphatic carbocycles. The van der Waals surface area contributed by atoms with E-state index < -0.39 is 6.36 Å². The van der Waals surface area contributed by atoms with E-state index in [0.29, 0.717) is 11.5 Å². The molecular formula is C14H13F3N2O2. The molecule has 7 heteroatoms. The van der Waals surface area contributed by atoms with Crippen LogP contribution >= 0.6 is 0 Å². The maximum Gasteiger partial charge on any atom is 0.573 e. The van der Waals surface area contributed by atoms with E-state index in [4.69, 9.17) is 0 Å². The molecule has 1 aliphatic rings. The number of nitrogens with zero attached hydrogens (tertiary/aromatic N) is 2. The number of aromatic nitrogens is 2. The lowest BCUT2D eigenvalue weighted by atomic mass is 10.1. The van der Waals surface area contributed by atoms with Crippen molar-refractivity contribution in [3.05, 3.63) is 30.6 Å². The van der Waals surface area contributed by atoms with Gasteiger partial charge in [-0.25, -0.2) is 0 Å². The van der Waals surface area contributed by atoms with Crippen LogP contribution in [0.3, 0.4) is 0 Å². The van der Waals surface area contributed by atoms with Crippen molar-refractivity contribution in [2.45, 2.75) is 25.7 Å². The zero-order chi connectivity index (χ0) is 15.0. The number of rotatable bonds is 4. The van der Waals surface area contributed by atoms with Crippen LogP contribution in [-0.2, 0) is 6.54 Å². The molecule has 0 saturated heterocycles. The zero-order valence-electron chi connectivity index (χ0n) is 11.0. The smallest absolute Gasteiger partial charge is 0.507 e. The van der Waals surface area contributed by atoms with Crippen molar-refractivity contribution in [3.63, 3.8) is 0 Å². The largest absolute Gasteiger partial charge is 0.573 e. The molecule has 0 amide bonds. The Morgan fingerprint density at radius 1 is 1.33 bits per heavy atom. The lowest BCUT2D eigenvalue weighted by Crippen LogP contribution is -2.17. The van der Waals surface area contributed by atoms with Crippen molar-refractivity contribution in [1.29, 1.82) is 0 Å². The summed E-state index contributed by atoms with van der Waals surface area (Å²) in [5, 5.41) is 14.0. The van der Waals surface area contributed by atoms with Gasteiger partial charge in [0.1, 0.15) is 11.5 Å². The molecule has 1 aromatic heterocycles. The normalized spacial score (nSPS) is 15.2. The van der Waals surface area contributed by atoms with E-state index in [1.54, 1.807) is 10.9 Å². The minimum atomic E-state index is -4.76. The van der Waals surface area contributed by atoms with Crippen molar-refractivity contribution in [3.8, 4) is 22.6 Å².